The first-order valence-electron chi connectivity index (χ1n) is 13.4. The van der Waals surface area contributed by atoms with Crippen molar-refractivity contribution in [3.63, 3.8) is 0 Å². The zero-order valence-corrected chi connectivity index (χ0v) is 23.0. The number of aliphatic hydroxyl groups excluding tert-OH is 1. The smallest absolute Gasteiger partial charge is 0.236 e. The number of nitrogens with zero attached hydrogens (tertiary/aromatic N) is 1. The highest BCUT2D eigenvalue weighted by molar-refractivity contribution is 6.33. The molecule has 198 valence electrons. The molecule has 1 aliphatic heterocycles. The van der Waals surface area contributed by atoms with Crippen LogP contribution in [0.15, 0.2) is 90.2 Å². The van der Waals surface area contributed by atoms with Gasteiger partial charge in [0.25, 0.3) is 0 Å². The van der Waals surface area contributed by atoms with Crippen molar-refractivity contribution in [1.29, 1.82) is 0 Å². The van der Waals surface area contributed by atoms with Crippen LogP contribution in [0.25, 0.3) is 22.5 Å². The summed E-state index contributed by atoms with van der Waals surface area (Å²) < 4.78 is 0. The van der Waals surface area contributed by atoms with E-state index in [4.69, 9.17) is 11.6 Å². The van der Waals surface area contributed by atoms with Gasteiger partial charge in [-0.15, -0.1) is 0 Å². The van der Waals surface area contributed by atoms with Crippen molar-refractivity contribution < 1.29 is 9.90 Å². The van der Waals surface area contributed by atoms with Gasteiger partial charge in [-0.1, -0.05) is 54.1 Å². The summed E-state index contributed by atoms with van der Waals surface area (Å²) in [7, 11) is 0. The molecule has 3 aromatic carbocycles. The Labute approximate surface area is 234 Å². The van der Waals surface area contributed by atoms with E-state index in [1.165, 1.54) is 5.56 Å². The standard InChI is InChI=1S/C33H32ClN3O2/c1-33(2,31(38)22-11-12-22)32(39)37-18-17-25-23(20-37)9-6-10-29(25)35-24-13-14-27(34)26(19-24)30-16-15-28(36-30)21-7-4-3-5-8-21/h3-10,13-16,19,35-36,38H,11-12,17-18,20H2,1-2H3. The normalized spacial score (nSPS) is 14.6. The molecule has 6 rings (SSSR count). The molecule has 0 atom stereocenters. The number of H-pyrrole nitrogens is 1. The molecule has 0 bridgehead atoms. The summed E-state index contributed by atoms with van der Waals surface area (Å²) in [6.07, 6.45) is 2.53. The van der Waals surface area contributed by atoms with Crippen LogP contribution >= 0.6 is 11.6 Å². The Hall–Kier alpha value is -3.96. The molecular formula is C33H32ClN3O2. The van der Waals surface area contributed by atoms with Gasteiger partial charge in [-0.2, -0.15) is 0 Å². The zero-order chi connectivity index (χ0) is 27.1. The van der Waals surface area contributed by atoms with E-state index in [0.717, 1.165) is 64.3 Å². The van der Waals surface area contributed by atoms with Gasteiger partial charge in [0.1, 0.15) is 11.2 Å². The number of halogens is 1. The van der Waals surface area contributed by atoms with Gasteiger partial charge in [0.05, 0.1) is 5.02 Å². The Kier molecular flexibility index (Phi) is 6.48. The zero-order valence-electron chi connectivity index (χ0n) is 22.2. The Morgan fingerprint density at radius 3 is 2.49 bits per heavy atom. The average Bonchev–Trinajstić information content (AvgIpc) is 3.69. The second-order valence-electron chi connectivity index (χ2n) is 11.0. The van der Waals surface area contributed by atoms with Crippen LogP contribution in [-0.4, -0.2) is 27.4 Å². The van der Waals surface area contributed by atoms with E-state index < -0.39 is 5.41 Å². The van der Waals surface area contributed by atoms with Crippen LogP contribution in [0, 0.1) is 5.41 Å². The highest BCUT2D eigenvalue weighted by Crippen LogP contribution is 2.41. The minimum Gasteiger partial charge on any atom is -0.511 e. The van der Waals surface area contributed by atoms with Crippen LogP contribution < -0.4 is 5.32 Å². The van der Waals surface area contributed by atoms with Crippen LogP contribution in [0.2, 0.25) is 5.02 Å². The van der Waals surface area contributed by atoms with Gasteiger partial charge in [0, 0.05) is 41.4 Å². The molecule has 2 aliphatic rings. The lowest BCUT2D eigenvalue weighted by molar-refractivity contribution is -0.140. The molecule has 0 saturated heterocycles. The summed E-state index contributed by atoms with van der Waals surface area (Å²) >= 11 is 6.63. The first-order chi connectivity index (χ1) is 18.8. The summed E-state index contributed by atoms with van der Waals surface area (Å²) in [6, 6.07) is 26.5. The van der Waals surface area contributed by atoms with E-state index in [-0.39, 0.29) is 11.7 Å². The number of carbonyl (C=O) groups excluding carboxylic acids is 1. The molecule has 1 aliphatic carbocycles. The number of amides is 1. The van der Waals surface area contributed by atoms with Gasteiger partial charge < -0.3 is 20.3 Å². The summed E-state index contributed by atoms with van der Waals surface area (Å²) in [5, 5.41) is 14.9. The molecule has 4 aromatic rings. The van der Waals surface area contributed by atoms with Crippen molar-refractivity contribution >= 4 is 28.9 Å². The SMILES string of the molecule is CC(C)(C(=O)N1CCc2c(cccc2Nc2ccc(Cl)c(-c3ccc(-c4ccccc4)[nH]3)c2)C1)C(O)=C1CC1. The number of hydrogen-bond donors (Lipinski definition) is 3. The van der Waals surface area contributed by atoms with Gasteiger partial charge >= 0.3 is 0 Å². The van der Waals surface area contributed by atoms with E-state index >= 15 is 0 Å². The minimum atomic E-state index is -0.892. The molecule has 1 amide bonds. The van der Waals surface area contributed by atoms with Crippen molar-refractivity contribution in [2.24, 2.45) is 5.41 Å². The second kappa shape index (κ2) is 9.97. The summed E-state index contributed by atoms with van der Waals surface area (Å²) in [4.78, 5) is 18.8. The van der Waals surface area contributed by atoms with Crippen LogP contribution in [-0.2, 0) is 17.8 Å². The topological polar surface area (TPSA) is 68.4 Å². The van der Waals surface area contributed by atoms with Crippen molar-refractivity contribution in [2.75, 3.05) is 11.9 Å². The summed E-state index contributed by atoms with van der Waals surface area (Å²) in [5.41, 5.74) is 8.49. The van der Waals surface area contributed by atoms with Crippen LogP contribution in [0.5, 0.6) is 0 Å². The van der Waals surface area contributed by atoms with Gasteiger partial charge in [-0.3, -0.25) is 4.79 Å². The fraction of sp³-hybridized carbons (Fsp3) is 0.242. The largest absolute Gasteiger partial charge is 0.511 e. The Morgan fingerprint density at radius 1 is 0.949 bits per heavy atom. The Morgan fingerprint density at radius 2 is 1.72 bits per heavy atom. The molecular weight excluding hydrogens is 506 g/mol. The van der Waals surface area contributed by atoms with Crippen molar-refractivity contribution in [2.45, 2.75) is 39.7 Å². The third-order valence-corrected chi connectivity index (χ3v) is 8.15. The molecule has 0 spiro atoms. The van der Waals surface area contributed by atoms with Gasteiger partial charge in [-0.25, -0.2) is 0 Å². The lowest BCUT2D eigenvalue weighted by Gasteiger charge is -2.35. The fourth-order valence-corrected chi connectivity index (χ4v) is 5.66. The van der Waals surface area contributed by atoms with Gasteiger partial charge in [0.15, 0.2) is 0 Å². The van der Waals surface area contributed by atoms with Crippen molar-refractivity contribution in [1.82, 2.24) is 9.88 Å². The number of benzene rings is 3. The monoisotopic (exact) mass is 537 g/mol. The summed E-state index contributed by atoms with van der Waals surface area (Å²) in [6.45, 7) is 4.81. The third kappa shape index (κ3) is 4.95. The van der Waals surface area contributed by atoms with Crippen molar-refractivity contribution in [3.8, 4) is 22.5 Å². The molecule has 1 fully saturated rings. The number of fused-ring (bicyclic) bond motifs is 1. The van der Waals surface area contributed by atoms with Crippen LogP contribution in [0.3, 0.4) is 0 Å². The van der Waals surface area contributed by atoms with Gasteiger partial charge in [0.2, 0.25) is 5.91 Å². The number of carbonyl (C=O) groups is 1. The maximum atomic E-state index is 13.4. The molecule has 0 unspecified atom stereocenters. The van der Waals surface area contributed by atoms with Gasteiger partial charge in [-0.05, 0) is 91.8 Å². The number of allylic oxidation sites excluding steroid dienone is 1. The highest BCUT2D eigenvalue weighted by atomic mass is 35.5. The highest BCUT2D eigenvalue weighted by Gasteiger charge is 2.40. The lowest BCUT2D eigenvalue weighted by Crippen LogP contribution is -2.44. The Balaban J connectivity index is 1.22. The molecule has 5 nitrogen and oxygen atoms in total. The molecule has 0 radical (unpaired) electrons. The van der Waals surface area contributed by atoms with E-state index in [9.17, 15) is 9.90 Å². The molecule has 39 heavy (non-hydrogen) atoms. The number of nitrogens with one attached hydrogen (secondary N) is 2. The maximum Gasteiger partial charge on any atom is 0.236 e. The fourth-order valence-electron chi connectivity index (χ4n) is 5.44. The Bertz CT molecular complexity index is 1580. The summed E-state index contributed by atoms with van der Waals surface area (Å²) in [5.74, 6) is 0.233. The lowest BCUT2D eigenvalue weighted by atomic mass is 9.86. The van der Waals surface area contributed by atoms with E-state index in [2.05, 4.69) is 52.8 Å². The number of anilines is 2. The van der Waals surface area contributed by atoms with Crippen molar-refractivity contribution in [3.05, 3.63) is 106 Å². The van der Waals surface area contributed by atoms with Crippen LogP contribution in [0.1, 0.15) is 37.8 Å². The number of aromatic amines is 1. The molecule has 1 aromatic heterocycles. The predicted octanol–water partition coefficient (Wildman–Crippen LogP) is 8.26. The second-order valence-corrected chi connectivity index (χ2v) is 11.4. The molecule has 2 heterocycles. The first kappa shape index (κ1) is 25.3. The van der Waals surface area contributed by atoms with Crippen LogP contribution in [0.4, 0.5) is 11.4 Å². The first-order valence-corrected chi connectivity index (χ1v) is 13.8. The maximum absolute atomic E-state index is 13.4. The van der Waals surface area contributed by atoms with E-state index in [1.54, 1.807) is 0 Å². The number of rotatable bonds is 6. The predicted molar refractivity (Wildman–Crippen MR) is 158 cm³/mol. The third-order valence-electron chi connectivity index (χ3n) is 7.82. The molecule has 1 saturated carbocycles. The molecule has 6 heteroatoms. The quantitative estimate of drug-likeness (QED) is 0.217. The number of aromatic nitrogens is 1. The van der Waals surface area contributed by atoms with E-state index in [0.29, 0.717) is 18.1 Å². The number of aliphatic hydroxyl groups is 1. The minimum absolute atomic E-state index is 0.0217. The molecule has 3 N–H and O–H groups in total. The number of hydrogen-bond acceptors (Lipinski definition) is 3. The van der Waals surface area contributed by atoms with E-state index in [1.807, 2.05) is 55.1 Å². The average molecular weight is 538 g/mol.